The number of hydrogen-bond acceptors (Lipinski definition) is 5. The molecule has 0 aliphatic heterocycles. The van der Waals surface area contributed by atoms with E-state index in [1.807, 2.05) is 18.2 Å². The van der Waals surface area contributed by atoms with Crippen molar-refractivity contribution in [1.29, 1.82) is 0 Å². The molecule has 0 saturated carbocycles. The van der Waals surface area contributed by atoms with Crippen LogP contribution in [-0.4, -0.2) is 60.3 Å². The molecule has 36 heavy (non-hydrogen) atoms. The lowest BCUT2D eigenvalue weighted by molar-refractivity contribution is -0.382. The van der Waals surface area contributed by atoms with Crippen LogP contribution >= 0.6 is 0 Å². The molecule has 0 atom stereocenters. The number of benzene rings is 2. The number of alkyl halides is 9. The summed E-state index contributed by atoms with van der Waals surface area (Å²) in [4.78, 5) is 25.3. The third-order valence-corrected chi connectivity index (χ3v) is 6.36. The van der Waals surface area contributed by atoms with Gasteiger partial charge in [0.15, 0.2) is 15.0 Å². The van der Waals surface area contributed by atoms with E-state index in [1.165, 1.54) is 4.90 Å². The maximum absolute atomic E-state index is 12.2. The van der Waals surface area contributed by atoms with Crippen LogP contribution in [0.3, 0.4) is 0 Å². The highest BCUT2D eigenvalue weighted by Crippen LogP contribution is 2.54. The van der Waals surface area contributed by atoms with E-state index in [2.05, 4.69) is 12.5 Å². The lowest BCUT2D eigenvalue weighted by Gasteiger charge is -2.34. The van der Waals surface area contributed by atoms with Gasteiger partial charge >= 0.3 is 23.3 Å². The van der Waals surface area contributed by atoms with Crippen LogP contribution < -0.4 is 0 Å². The Morgan fingerprint density at radius 1 is 0.694 bits per heavy atom. The largest absolute Gasteiger partial charge is 0.743 e. The van der Waals surface area contributed by atoms with Crippen LogP contribution in [0.15, 0.2) is 59.5 Å². The zero-order valence-electron chi connectivity index (χ0n) is 18.0. The molecule has 2 rings (SSSR count). The standard InChI is InChI=1S/C16H15O2S.C4HF9O3S/c1-19(2)14-10-8-13(9-11-14)16(18)15(17)12-6-4-3-5-7-12;5-1(6,3(9,10)11)2(7,8)4(12,13)17(14,15)16/h3-11H,1-2H3;(H,14,15,16)/q+1;/p-1. The summed E-state index contributed by atoms with van der Waals surface area (Å²) >= 11 is 0. The molecule has 0 saturated heterocycles. The molecule has 0 bridgehead atoms. The molecule has 2 aromatic carbocycles. The summed E-state index contributed by atoms with van der Waals surface area (Å²) in [7, 11) is -7.26. The Morgan fingerprint density at radius 2 is 1.08 bits per heavy atom. The molecule has 0 fully saturated rings. The molecule has 0 amide bonds. The summed E-state index contributed by atoms with van der Waals surface area (Å²) < 4.78 is 135. The summed E-state index contributed by atoms with van der Waals surface area (Å²) in [6.07, 6.45) is -2.93. The number of carbonyl (C=O) groups is 2. The first-order valence-corrected chi connectivity index (χ1v) is 12.5. The third kappa shape index (κ3) is 6.39. The predicted molar refractivity (Wildman–Crippen MR) is 110 cm³/mol. The molecule has 0 N–H and O–H groups in total. The summed E-state index contributed by atoms with van der Waals surface area (Å²) in [5.41, 5.74) is 0.880. The van der Waals surface area contributed by atoms with Gasteiger partial charge in [-0.05, 0) is 24.3 Å². The molecule has 0 aromatic heterocycles. The molecule has 2 aromatic rings. The second-order valence-electron chi connectivity index (χ2n) is 6.98. The average molecular weight is 570 g/mol. The zero-order valence-corrected chi connectivity index (χ0v) is 19.6. The highest BCUT2D eigenvalue weighted by Gasteiger charge is 2.83. The van der Waals surface area contributed by atoms with Crippen molar-refractivity contribution in [2.75, 3.05) is 12.5 Å². The van der Waals surface area contributed by atoms with Gasteiger partial charge in [0.25, 0.3) is 0 Å². The van der Waals surface area contributed by atoms with Crippen molar-refractivity contribution >= 4 is 32.6 Å². The topological polar surface area (TPSA) is 91.3 Å². The van der Waals surface area contributed by atoms with Crippen molar-refractivity contribution in [2.45, 2.75) is 28.2 Å². The first-order valence-electron chi connectivity index (χ1n) is 9.07. The molecule has 16 heteroatoms. The van der Waals surface area contributed by atoms with E-state index in [4.69, 9.17) is 0 Å². The van der Waals surface area contributed by atoms with E-state index in [1.54, 1.807) is 36.4 Å². The van der Waals surface area contributed by atoms with E-state index in [0.717, 1.165) is 0 Å². The van der Waals surface area contributed by atoms with Gasteiger partial charge in [0.2, 0.25) is 11.6 Å². The Bertz CT molecular complexity index is 1180. The van der Waals surface area contributed by atoms with Gasteiger partial charge in [0.05, 0.1) is 0 Å². The Kier molecular flexibility index (Phi) is 9.43. The van der Waals surface area contributed by atoms with Gasteiger partial charge in [0, 0.05) is 22.0 Å². The number of halogens is 9. The molecule has 5 nitrogen and oxygen atoms in total. The number of hydrogen-bond donors (Lipinski definition) is 0. The van der Waals surface area contributed by atoms with Crippen LogP contribution in [0.25, 0.3) is 0 Å². The normalized spacial score (nSPS) is 13.1. The van der Waals surface area contributed by atoms with Crippen LogP contribution in [0.4, 0.5) is 39.5 Å². The Hall–Kier alpha value is -2.59. The minimum atomic E-state index is -7.43. The molecular formula is C20H15F9O5S2. The highest BCUT2D eigenvalue weighted by atomic mass is 32.2. The third-order valence-electron chi connectivity index (χ3n) is 4.26. The van der Waals surface area contributed by atoms with Crippen LogP contribution in [0.5, 0.6) is 0 Å². The minimum absolute atomic E-state index is 0.157. The van der Waals surface area contributed by atoms with Crippen LogP contribution in [0.2, 0.25) is 0 Å². The molecule has 0 aliphatic carbocycles. The van der Waals surface area contributed by atoms with Crippen molar-refractivity contribution in [3.8, 4) is 0 Å². The van der Waals surface area contributed by atoms with Gasteiger partial charge in [-0.3, -0.25) is 9.59 Å². The van der Waals surface area contributed by atoms with Gasteiger partial charge in [-0.1, -0.05) is 30.3 Å². The first kappa shape index (κ1) is 31.4. The monoisotopic (exact) mass is 570 g/mol. The fourth-order valence-corrected chi connectivity index (χ4v) is 3.37. The average Bonchev–Trinajstić information content (AvgIpc) is 2.77. The predicted octanol–water partition coefficient (Wildman–Crippen LogP) is 4.95. The summed E-state index contributed by atoms with van der Waals surface area (Å²) in [6, 6.07) is 15.9. The van der Waals surface area contributed by atoms with E-state index in [0.29, 0.717) is 11.1 Å². The van der Waals surface area contributed by atoms with Crippen LogP contribution in [0.1, 0.15) is 20.7 Å². The Balaban J connectivity index is 0.000000363. The fraction of sp³-hybridized carbons (Fsp3) is 0.300. The number of rotatable bonds is 7. The lowest BCUT2D eigenvalue weighted by atomic mass is 10.0. The van der Waals surface area contributed by atoms with Crippen molar-refractivity contribution < 1.29 is 62.1 Å². The Labute approximate surface area is 201 Å². The SMILES string of the molecule is C[S+](C)c1ccc(C(=O)C(=O)c2ccccc2)cc1.O=S(=O)([O-])C(F)(F)C(F)(F)C(F)(F)C(F)(F)F. The smallest absolute Gasteiger partial charge is 0.460 e. The second-order valence-corrected chi connectivity index (χ2v) is 10.5. The molecule has 0 radical (unpaired) electrons. The second kappa shape index (κ2) is 10.8. The summed E-state index contributed by atoms with van der Waals surface area (Å²) in [5, 5.41) is -7.11. The molecule has 0 unspecified atom stereocenters. The quantitative estimate of drug-likeness (QED) is 0.155. The molecule has 0 heterocycles. The van der Waals surface area contributed by atoms with E-state index < -0.39 is 45.0 Å². The first-order chi connectivity index (χ1) is 16.1. The molecule has 200 valence electrons. The van der Waals surface area contributed by atoms with Crippen LogP contribution in [-0.2, 0) is 21.0 Å². The van der Waals surface area contributed by atoms with Crippen molar-refractivity contribution in [2.24, 2.45) is 0 Å². The minimum Gasteiger partial charge on any atom is -0.743 e. The molecular weight excluding hydrogens is 555 g/mol. The van der Waals surface area contributed by atoms with Gasteiger partial charge < -0.3 is 4.55 Å². The Morgan fingerprint density at radius 3 is 1.42 bits per heavy atom. The zero-order chi connectivity index (χ0) is 28.3. The summed E-state index contributed by atoms with van der Waals surface area (Å²) in [5.74, 6) is -15.7. The maximum atomic E-state index is 12.2. The summed E-state index contributed by atoms with van der Waals surface area (Å²) in [6.45, 7) is 0. The lowest BCUT2D eigenvalue weighted by Crippen LogP contribution is -2.63. The van der Waals surface area contributed by atoms with Gasteiger partial charge in [0.1, 0.15) is 12.5 Å². The van der Waals surface area contributed by atoms with Crippen molar-refractivity contribution in [3.05, 3.63) is 65.7 Å². The highest BCUT2D eigenvalue weighted by molar-refractivity contribution is 7.95. The number of Topliss-reactive ketones (excluding diaryl/α,β-unsaturated/α-hetero) is 2. The maximum Gasteiger partial charge on any atom is 0.460 e. The van der Waals surface area contributed by atoms with Gasteiger partial charge in [-0.2, -0.15) is 39.5 Å². The van der Waals surface area contributed by atoms with E-state index in [-0.39, 0.29) is 10.9 Å². The number of carbonyl (C=O) groups excluding carboxylic acids is 2. The number of ketones is 2. The van der Waals surface area contributed by atoms with Crippen molar-refractivity contribution in [1.82, 2.24) is 0 Å². The van der Waals surface area contributed by atoms with E-state index in [9.17, 15) is 62.1 Å². The van der Waals surface area contributed by atoms with Gasteiger partial charge in [-0.15, -0.1) is 0 Å². The van der Waals surface area contributed by atoms with E-state index >= 15 is 0 Å². The fourth-order valence-electron chi connectivity index (χ4n) is 2.25. The molecule has 0 spiro atoms. The van der Waals surface area contributed by atoms with Gasteiger partial charge in [-0.25, -0.2) is 8.42 Å². The van der Waals surface area contributed by atoms with Crippen molar-refractivity contribution in [3.63, 3.8) is 0 Å². The van der Waals surface area contributed by atoms with Crippen LogP contribution in [0, 0.1) is 0 Å². The molecule has 0 aliphatic rings.